The van der Waals surface area contributed by atoms with Gasteiger partial charge in [0.2, 0.25) is 0 Å². The van der Waals surface area contributed by atoms with Gasteiger partial charge >= 0.3 is 11.9 Å². The van der Waals surface area contributed by atoms with Gasteiger partial charge in [-0.15, -0.1) is 0 Å². The van der Waals surface area contributed by atoms with Gasteiger partial charge in [0, 0.05) is 29.2 Å². The lowest BCUT2D eigenvalue weighted by molar-refractivity contribution is -0.165. The van der Waals surface area contributed by atoms with Gasteiger partial charge in [-0.3, -0.25) is 4.90 Å². The second-order valence-electron chi connectivity index (χ2n) is 9.17. The molecule has 4 rings (SSSR count). The number of hydrogen-bond donors (Lipinski definition) is 5. The molecule has 5 N–H and O–H groups in total. The van der Waals surface area contributed by atoms with E-state index in [0.29, 0.717) is 23.3 Å². The second kappa shape index (κ2) is 12.5. The number of fused-ring (bicyclic) bond motifs is 2. The first-order valence-electron chi connectivity index (χ1n) is 11.5. The smallest absolute Gasteiger partial charge is 0.335 e. The van der Waals surface area contributed by atoms with Crippen molar-refractivity contribution in [1.82, 2.24) is 10.2 Å². The van der Waals surface area contributed by atoms with Gasteiger partial charge in [-0.05, 0) is 68.8 Å². The monoisotopic (exact) mass is 518 g/mol. The molecule has 0 amide bonds. The molecule has 1 aromatic rings. The lowest BCUT2D eigenvalue weighted by Crippen LogP contribution is -2.44. The number of carboxylic acids is 2. The van der Waals surface area contributed by atoms with Crippen LogP contribution in [0.3, 0.4) is 0 Å². The van der Waals surface area contributed by atoms with Crippen LogP contribution in [0.5, 0.6) is 0 Å². The number of aliphatic carboxylic acids is 2. The fourth-order valence-corrected chi connectivity index (χ4v) is 5.28. The molecule has 9 nitrogen and oxygen atoms in total. The number of carboxylic acid groups (broad SMARTS) is 2. The SMILES string of the molecule is Clc1ccc(CN(C[C@H]2CCNC2)[C@H]2C[C@H]3CC[C@@H](C2)O3)c(Cl)c1.O=C(O)C(O)C(O)C(=O)O. The maximum absolute atomic E-state index is 9.77. The Morgan fingerprint density at radius 1 is 1.06 bits per heavy atom. The first-order valence-corrected chi connectivity index (χ1v) is 12.3. The topological polar surface area (TPSA) is 140 Å². The van der Waals surface area contributed by atoms with Crippen molar-refractivity contribution in [2.24, 2.45) is 5.92 Å². The number of nitrogens with zero attached hydrogens (tertiary/aromatic N) is 1. The third-order valence-corrected chi connectivity index (χ3v) is 7.22. The zero-order valence-corrected chi connectivity index (χ0v) is 20.3. The maximum Gasteiger partial charge on any atom is 0.335 e. The van der Waals surface area contributed by atoms with Crippen molar-refractivity contribution < 1.29 is 34.8 Å². The van der Waals surface area contributed by atoms with Gasteiger partial charge < -0.3 is 30.5 Å². The molecule has 11 heteroatoms. The Morgan fingerprint density at radius 3 is 2.18 bits per heavy atom. The zero-order chi connectivity index (χ0) is 24.8. The molecule has 1 aromatic carbocycles. The molecule has 3 aliphatic rings. The molecular weight excluding hydrogens is 487 g/mol. The number of carbonyl (C=O) groups is 2. The van der Waals surface area contributed by atoms with E-state index in [0.717, 1.165) is 37.1 Å². The quantitative estimate of drug-likeness (QED) is 0.349. The minimum Gasteiger partial charge on any atom is -0.479 e. The molecular formula is C23H32Cl2N2O7. The Morgan fingerprint density at radius 2 is 1.68 bits per heavy atom. The third-order valence-electron chi connectivity index (χ3n) is 6.63. The van der Waals surface area contributed by atoms with Crippen molar-refractivity contribution in [3.63, 3.8) is 0 Å². The molecule has 0 saturated carbocycles. The van der Waals surface area contributed by atoms with E-state index >= 15 is 0 Å². The number of ether oxygens (including phenoxy) is 1. The largest absolute Gasteiger partial charge is 0.479 e. The number of hydrogen-bond acceptors (Lipinski definition) is 7. The molecule has 34 heavy (non-hydrogen) atoms. The third kappa shape index (κ3) is 7.52. The van der Waals surface area contributed by atoms with E-state index in [2.05, 4.69) is 16.3 Å². The van der Waals surface area contributed by atoms with Crippen LogP contribution in [0.2, 0.25) is 10.0 Å². The van der Waals surface area contributed by atoms with E-state index in [-0.39, 0.29) is 0 Å². The van der Waals surface area contributed by atoms with Crippen LogP contribution in [0.15, 0.2) is 18.2 Å². The molecule has 0 aliphatic carbocycles. The molecule has 3 aliphatic heterocycles. The molecule has 6 atom stereocenters. The highest BCUT2D eigenvalue weighted by atomic mass is 35.5. The molecule has 2 bridgehead atoms. The van der Waals surface area contributed by atoms with Gasteiger partial charge in [0.1, 0.15) is 0 Å². The summed E-state index contributed by atoms with van der Waals surface area (Å²) in [5.41, 5.74) is 1.19. The average Bonchev–Trinajstić information content (AvgIpc) is 3.43. The summed E-state index contributed by atoms with van der Waals surface area (Å²) < 4.78 is 6.05. The van der Waals surface area contributed by atoms with Crippen LogP contribution in [-0.2, 0) is 20.9 Å². The Labute approximate surface area is 208 Å². The molecule has 3 heterocycles. The van der Waals surface area contributed by atoms with E-state index in [1.165, 1.54) is 37.7 Å². The van der Waals surface area contributed by atoms with Crippen LogP contribution >= 0.6 is 23.2 Å². The van der Waals surface area contributed by atoms with E-state index in [1.807, 2.05) is 12.1 Å². The highest BCUT2D eigenvalue weighted by molar-refractivity contribution is 6.35. The fourth-order valence-electron chi connectivity index (χ4n) is 4.81. The highest BCUT2D eigenvalue weighted by Crippen LogP contribution is 2.36. The number of nitrogens with one attached hydrogen (secondary N) is 1. The summed E-state index contributed by atoms with van der Waals surface area (Å²) >= 11 is 12.5. The summed E-state index contributed by atoms with van der Waals surface area (Å²) in [6.45, 7) is 4.35. The van der Waals surface area contributed by atoms with Crippen molar-refractivity contribution in [2.75, 3.05) is 19.6 Å². The van der Waals surface area contributed by atoms with Crippen molar-refractivity contribution in [3.05, 3.63) is 33.8 Å². The Kier molecular flexibility index (Phi) is 9.96. The number of halogens is 2. The average molecular weight is 519 g/mol. The number of rotatable bonds is 8. The Hall–Kier alpha value is -1.46. The Balaban J connectivity index is 0.000000277. The van der Waals surface area contributed by atoms with Gasteiger partial charge in [0.05, 0.1) is 12.2 Å². The highest BCUT2D eigenvalue weighted by Gasteiger charge is 2.38. The van der Waals surface area contributed by atoms with Crippen molar-refractivity contribution in [1.29, 1.82) is 0 Å². The Bertz CT molecular complexity index is 823. The summed E-state index contributed by atoms with van der Waals surface area (Å²) in [7, 11) is 0. The minimum absolute atomic E-state index is 0.471. The van der Waals surface area contributed by atoms with Gasteiger partial charge in [-0.2, -0.15) is 0 Å². The van der Waals surface area contributed by atoms with Gasteiger partial charge in [-0.1, -0.05) is 29.3 Å². The van der Waals surface area contributed by atoms with Crippen LogP contribution in [0.4, 0.5) is 0 Å². The van der Waals surface area contributed by atoms with Crippen LogP contribution < -0.4 is 5.32 Å². The maximum atomic E-state index is 9.77. The van der Waals surface area contributed by atoms with Gasteiger partial charge in [0.15, 0.2) is 12.2 Å². The standard InChI is InChI=1S/C19H26Cl2N2O.C4H6O6/c20-15-2-1-14(19(21)7-15)12-23(11-13-5-6-22-10-13)16-8-17-3-4-18(9-16)24-17;5-1(3(7)8)2(6)4(9)10/h1-2,7,13,16-18,22H,3-6,8-12H2;1-2,5-6H,(H,7,8)(H,9,10)/t13-,16-,17+,18-;/m0./s1. The second-order valence-corrected chi connectivity index (χ2v) is 10.0. The molecule has 0 aromatic heterocycles. The van der Waals surface area contributed by atoms with Crippen molar-refractivity contribution >= 4 is 35.1 Å². The fraction of sp³-hybridized carbons (Fsp3) is 0.652. The predicted octanol–water partition coefficient (Wildman–Crippen LogP) is 1.99. The summed E-state index contributed by atoms with van der Waals surface area (Å²) in [5, 5.41) is 37.5. The summed E-state index contributed by atoms with van der Waals surface area (Å²) in [6.07, 6.45) is 2.50. The summed E-state index contributed by atoms with van der Waals surface area (Å²) in [6, 6.07) is 6.51. The minimum atomic E-state index is -2.27. The van der Waals surface area contributed by atoms with E-state index < -0.39 is 24.1 Å². The lowest BCUT2D eigenvalue weighted by atomic mass is 9.98. The van der Waals surface area contributed by atoms with Crippen molar-refractivity contribution in [3.8, 4) is 0 Å². The van der Waals surface area contributed by atoms with Crippen LogP contribution in [-0.4, -0.2) is 87.4 Å². The van der Waals surface area contributed by atoms with E-state index in [4.69, 9.17) is 48.4 Å². The molecule has 3 saturated heterocycles. The van der Waals surface area contributed by atoms with Crippen molar-refractivity contribution in [2.45, 2.75) is 69.1 Å². The molecule has 2 unspecified atom stereocenters. The van der Waals surface area contributed by atoms with Crippen LogP contribution in [0, 0.1) is 5.92 Å². The zero-order valence-electron chi connectivity index (χ0n) is 18.8. The first kappa shape index (κ1) is 27.1. The molecule has 0 spiro atoms. The van der Waals surface area contributed by atoms with E-state index in [1.54, 1.807) is 0 Å². The normalized spacial score (nSPS) is 27.7. The van der Waals surface area contributed by atoms with Gasteiger partial charge in [0.25, 0.3) is 0 Å². The van der Waals surface area contributed by atoms with Gasteiger partial charge in [-0.25, -0.2) is 9.59 Å². The summed E-state index contributed by atoms with van der Waals surface area (Å²) in [4.78, 5) is 22.2. The van der Waals surface area contributed by atoms with E-state index in [9.17, 15) is 9.59 Å². The number of benzene rings is 1. The number of aliphatic hydroxyl groups excluding tert-OH is 2. The van der Waals surface area contributed by atoms with Crippen LogP contribution in [0.25, 0.3) is 0 Å². The lowest BCUT2D eigenvalue weighted by Gasteiger charge is -2.38. The predicted molar refractivity (Wildman–Crippen MR) is 126 cm³/mol. The molecule has 190 valence electrons. The number of aliphatic hydroxyl groups is 2. The summed E-state index contributed by atoms with van der Waals surface area (Å²) in [5.74, 6) is -2.79. The molecule has 0 radical (unpaired) electrons. The van der Waals surface area contributed by atoms with Crippen LogP contribution in [0.1, 0.15) is 37.7 Å². The first-order chi connectivity index (χ1) is 16.1. The molecule has 3 fully saturated rings.